The Hall–Kier alpha value is -0.760. The first-order chi connectivity index (χ1) is 9.36. The minimum Gasteiger partial charge on any atom is -0.480 e. The van der Waals surface area contributed by atoms with Crippen molar-refractivity contribution in [1.29, 1.82) is 0 Å². The van der Waals surface area contributed by atoms with Gasteiger partial charge in [-0.2, -0.15) is 0 Å². The van der Waals surface area contributed by atoms with Gasteiger partial charge < -0.3 is 10.4 Å². The maximum Gasteiger partial charge on any atom is 0.327 e. The van der Waals surface area contributed by atoms with Gasteiger partial charge in [-0.25, -0.2) is 9.59 Å². The highest BCUT2D eigenvalue weighted by Gasteiger charge is 2.41. The van der Waals surface area contributed by atoms with Gasteiger partial charge in [0.25, 0.3) is 0 Å². The monoisotopic (exact) mass is 322 g/mol. The van der Waals surface area contributed by atoms with Crippen LogP contribution in [0.25, 0.3) is 0 Å². The topological polar surface area (TPSA) is 86.7 Å². The summed E-state index contributed by atoms with van der Waals surface area (Å²) >= 11 is 1.50. The van der Waals surface area contributed by atoms with E-state index in [-0.39, 0.29) is 17.4 Å². The average Bonchev–Trinajstić information content (AvgIpc) is 2.80. The van der Waals surface area contributed by atoms with Crippen LogP contribution in [0.3, 0.4) is 0 Å². The van der Waals surface area contributed by atoms with E-state index in [2.05, 4.69) is 5.32 Å². The Morgan fingerprint density at radius 2 is 2.20 bits per heavy atom. The molecule has 1 fully saturated rings. The summed E-state index contributed by atoms with van der Waals surface area (Å²) in [7, 11) is -0.889. The first-order valence-corrected chi connectivity index (χ1v) is 9.37. The Balaban J connectivity index is 2.62. The van der Waals surface area contributed by atoms with Gasteiger partial charge in [0.15, 0.2) is 0 Å². The molecule has 4 atom stereocenters. The van der Waals surface area contributed by atoms with Crippen LogP contribution in [0.2, 0.25) is 0 Å². The lowest BCUT2D eigenvalue weighted by Gasteiger charge is -2.28. The normalized spacial score (nSPS) is 25.2. The molecule has 2 amide bonds. The fourth-order valence-corrected chi connectivity index (χ4v) is 4.07. The predicted molar refractivity (Wildman–Crippen MR) is 81.3 cm³/mol. The van der Waals surface area contributed by atoms with Crippen molar-refractivity contribution in [3.8, 4) is 0 Å². The molecule has 0 radical (unpaired) electrons. The van der Waals surface area contributed by atoms with Gasteiger partial charge >= 0.3 is 12.0 Å². The van der Waals surface area contributed by atoms with Crippen LogP contribution in [-0.2, 0) is 15.6 Å². The van der Waals surface area contributed by atoms with Crippen molar-refractivity contribution in [2.45, 2.75) is 44.1 Å². The molecule has 0 aromatic carbocycles. The van der Waals surface area contributed by atoms with Crippen LogP contribution in [-0.4, -0.2) is 61.4 Å². The van der Waals surface area contributed by atoms with Crippen molar-refractivity contribution in [2.75, 3.05) is 17.8 Å². The second-order valence-corrected chi connectivity index (χ2v) is 7.64. The number of urea groups is 1. The van der Waals surface area contributed by atoms with E-state index in [1.807, 2.05) is 13.8 Å². The molecule has 1 heterocycles. The highest BCUT2D eigenvalue weighted by molar-refractivity contribution is 8.00. The number of nitrogens with one attached hydrogen (secondary N) is 1. The van der Waals surface area contributed by atoms with E-state index in [1.165, 1.54) is 16.7 Å². The molecular weight excluding hydrogens is 300 g/mol. The van der Waals surface area contributed by atoms with E-state index in [9.17, 15) is 18.9 Å². The zero-order chi connectivity index (χ0) is 15.3. The molecule has 2 N–H and O–H groups in total. The van der Waals surface area contributed by atoms with Crippen molar-refractivity contribution in [3.05, 3.63) is 0 Å². The molecule has 0 saturated carbocycles. The van der Waals surface area contributed by atoms with Gasteiger partial charge in [0.05, 0.1) is 5.37 Å². The maximum absolute atomic E-state index is 12.2. The third-order valence-corrected chi connectivity index (χ3v) is 5.43. The van der Waals surface area contributed by atoms with Gasteiger partial charge in [0, 0.05) is 34.6 Å². The molecule has 1 rings (SSSR count). The highest BCUT2D eigenvalue weighted by atomic mass is 32.2. The fraction of sp³-hybridized carbons (Fsp3) is 0.833. The first-order valence-electron chi connectivity index (χ1n) is 6.60. The highest BCUT2D eigenvalue weighted by Crippen LogP contribution is 2.31. The molecular formula is C12H22N2O4S2. The van der Waals surface area contributed by atoms with Crippen molar-refractivity contribution >= 4 is 34.6 Å². The molecule has 6 nitrogen and oxygen atoms in total. The number of hydrogen-bond donors (Lipinski definition) is 2. The number of carboxylic acid groups (broad SMARTS) is 1. The first kappa shape index (κ1) is 17.3. The van der Waals surface area contributed by atoms with Crippen molar-refractivity contribution in [3.63, 3.8) is 0 Å². The standard InChI is InChI=1S/C12H22N2O4S2/c1-4-10-14(9(7-19-10)11(15)16)12(17)13-8(2)5-6-20(3)18/h8-10H,4-7H2,1-3H3,(H,13,17)(H,15,16). The second kappa shape index (κ2) is 7.87. The van der Waals surface area contributed by atoms with Crippen LogP contribution >= 0.6 is 11.8 Å². The number of carboxylic acids is 1. The third-order valence-electron chi connectivity index (χ3n) is 3.17. The quantitative estimate of drug-likeness (QED) is 0.764. The number of nitrogens with zero attached hydrogens (tertiary/aromatic N) is 1. The van der Waals surface area contributed by atoms with Gasteiger partial charge in [-0.1, -0.05) is 6.92 Å². The van der Waals surface area contributed by atoms with Crippen LogP contribution in [0, 0.1) is 0 Å². The number of aliphatic carboxylic acids is 1. The van der Waals surface area contributed by atoms with Gasteiger partial charge in [-0.05, 0) is 19.8 Å². The van der Waals surface area contributed by atoms with Gasteiger partial charge in [0.1, 0.15) is 6.04 Å². The molecule has 4 unspecified atom stereocenters. The van der Waals surface area contributed by atoms with Crippen LogP contribution in [0.5, 0.6) is 0 Å². The summed E-state index contributed by atoms with van der Waals surface area (Å²) in [5, 5.41) is 11.9. The number of thioether (sulfide) groups is 1. The number of carbonyl (C=O) groups excluding carboxylic acids is 1. The molecule has 1 aliphatic rings. The van der Waals surface area contributed by atoms with E-state index in [4.69, 9.17) is 0 Å². The zero-order valence-corrected chi connectivity index (χ0v) is 13.6. The molecule has 1 aliphatic heterocycles. The number of hydrogen-bond acceptors (Lipinski definition) is 4. The summed E-state index contributed by atoms with van der Waals surface area (Å²) in [4.78, 5) is 24.9. The van der Waals surface area contributed by atoms with E-state index in [0.717, 1.165) is 6.42 Å². The molecule has 8 heteroatoms. The Morgan fingerprint density at radius 3 is 2.70 bits per heavy atom. The molecule has 0 spiro atoms. The minimum absolute atomic E-state index is 0.0939. The molecule has 0 aromatic rings. The summed E-state index contributed by atoms with van der Waals surface area (Å²) in [5.41, 5.74) is 0. The van der Waals surface area contributed by atoms with Gasteiger partial charge in [-0.3, -0.25) is 9.11 Å². The second-order valence-electron chi connectivity index (χ2n) is 4.87. The minimum atomic E-state index is -0.967. The number of amides is 2. The van der Waals surface area contributed by atoms with Crippen LogP contribution in [0.1, 0.15) is 26.7 Å². The van der Waals surface area contributed by atoms with Crippen molar-refractivity contribution < 1.29 is 18.9 Å². The Bertz CT molecular complexity index is 392. The SMILES string of the molecule is CCC1SCC(C(=O)O)N1C(=O)NC(C)CCS(C)=O. The van der Waals surface area contributed by atoms with Crippen molar-refractivity contribution in [1.82, 2.24) is 10.2 Å². The van der Waals surface area contributed by atoms with E-state index in [1.54, 1.807) is 6.26 Å². The lowest BCUT2D eigenvalue weighted by Crippen LogP contribution is -2.52. The number of carbonyl (C=O) groups is 2. The van der Waals surface area contributed by atoms with Crippen molar-refractivity contribution in [2.24, 2.45) is 0 Å². The average molecular weight is 322 g/mol. The third kappa shape index (κ3) is 4.66. The summed E-state index contributed by atoms with van der Waals surface area (Å²) in [6.45, 7) is 3.77. The Morgan fingerprint density at radius 1 is 1.55 bits per heavy atom. The molecule has 116 valence electrons. The van der Waals surface area contributed by atoms with Crippen LogP contribution < -0.4 is 5.32 Å². The number of rotatable bonds is 6. The zero-order valence-electron chi connectivity index (χ0n) is 12.0. The van der Waals surface area contributed by atoms with E-state index < -0.39 is 22.8 Å². The van der Waals surface area contributed by atoms with E-state index >= 15 is 0 Å². The summed E-state index contributed by atoms with van der Waals surface area (Å²) in [6, 6.07) is -1.23. The summed E-state index contributed by atoms with van der Waals surface area (Å²) < 4.78 is 11.0. The van der Waals surface area contributed by atoms with Gasteiger partial charge in [0.2, 0.25) is 0 Å². The molecule has 0 aromatic heterocycles. The predicted octanol–water partition coefficient (Wildman–Crippen LogP) is 1.09. The summed E-state index contributed by atoms with van der Waals surface area (Å²) in [6.07, 6.45) is 2.96. The van der Waals surface area contributed by atoms with Crippen LogP contribution in [0.4, 0.5) is 4.79 Å². The fourth-order valence-electron chi connectivity index (χ4n) is 2.04. The lowest BCUT2D eigenvalue weighted by molar-refractivity contribution is -0.141. The smallest absolute Gasteiger partial charge is 0.327 e. The molecule has 1 saturated heterocycles. The summed E-state index contributed by atoms with van der Waals surface area (Å²) in [5.74, 6) is -0.0180. The Kier molecular flexibility index (Phi) is 6.81. The van der Waals surface area contributed by atoms with Gasteiger partial charge in [-0.15, -0.1) is 11.8 Å². The molecule has 0 bridgehead atoms. The molecule has 20 heavy (non-hydrogen) atoms. The lowest BCUT2D eigenvalue weighted by atomic mass is 10.2. The Labute approximate surface area is 126 Å². The maximum atomic E-state index is 12.2. The van der Waals surface area contributed by atoms with E-state index in [0.29, 0.717) is 17.9 Å². The molecule has 0 aliphatic carbocycles. The largest absolute Gasteiger partial charge is 0.480 e. The van der Waals surface area contributed by atoms with Crippen LogP contribution in [0.15, 0.2) is 0 Å².